The molecule has 4 aromatic carbocycles. The molecule has 0 bridgehead atoms. The second kappa shape index (κ2) is 11.0. The molecule has 8 heteroatoms. The van der Waals surface area contributed by atoms with Crippen molar-refractivity contribution < 1.29 is 19.1 Å². The Morgan fingerprint density at radius 1 is 0.737 bits per heavy atom. The van der Waals surface area contributed by atoms with Crippen molar-refractivity contribution >= 4 is 62.8 Å². The number of para-hydroxylation sites is 2. The number of hydrogen-bond acceptors (Lipinski definition) is 4. The standard InChI is InChI=1S/C30H20BrClN2O4/c31-26-14-8-7-9-20(26)19-38-27-16-15-22(32)17-21(27)18-25-28(35)33(23-10-3-1-4-11-23)30(37)34(29(25)36)24-12-5-2-6-13-24/h1-18H,19H2. The Hall–Kier alpha value is -4.20. The van der Waals surface area contributed by atoms with E-state index in [4.69, 9.17) is 16.3 Å². The van der Waals surface area contributed by atoms with Crippen molar-refractivity contribution in [1.82, 2.24) is 0 Å². The lowest BCUT2D eigenvalue weighted by Crippen LogP contribution is -2.57. The average molecular weight is 588 g/mol. The van der Waals surface area contributed by atoms with Gasteiger partial charge in [0.1, 0.15) is 17.9 Å². The smallest absolute Gasteiger partial charge is 0.343 e. The molecule has 0 aromatic heterocycles. The Bertz CT molecular complexity index is 1490. The summed E-state index contributed by atoms with van der Waals surface area (Å²) in [5, 5.41) is 0.400. The summed E-state index contributed by atoms with van der Waals surface area (Å²) in [5.74, 6) is -1.06. The monoisotopic (exact) mass is 586 g/mol. The number of carbonyl (C=O) groups excluding carboxylic acids is 3. The van der Waals surface area contributed by atoms with Gasteiger partial charge in [-0.15, -0.1) is 0 Å². The second-order valence-corrected chi connectivity index (χ2v) is 9.65. The quantitative estimate of drug-likeness (QED) is 0.176. The normalized spacial score (nSPS) is 13.6. The lowest BCUT2D eigenvalue weighted by molar-refractivity contribution is -0.121. The molecular formula is C30H20BrClN2O4. The molecule has 1 fully saturated rings. The van der Waals surface area contributed by atoms with Gasteiger partial charge in [-0.3, -0.25) is 9.59 Å². The number of halogens is 2. The summed E-state index contributed by atoms with van der Waals surface area (Å²) in [7, 11) is 0. The molecule has 0 saturated carbocycles. The van der Waals surface area contributed by atoms with E-state index in [0.717, 1.165) is 19.8 Å². The number of benzene rings is 4. The number of amides is 4. The third-order valence-electron chi connectivity index (χ3n) is 5.89. The third kappa shape index (κ3) is 5.11. The summed E-state index contributed by atoms with van der Waals surface area (Å²) in [4.78, 5) is 42.8. The van der Waals surface area contributed by atoms with Crippen LogP contribution in [-0.4, -0.2) is 17.8 Å². The first-order chi connectivity index (χ1) is 18.4. The minimum Gasteiger partial charge on any atom is -0.488 e. The molecule has 0 spiro atoms. The van der Waals surface area contributed by atoms with Crippen molar-refractivity contribution in [3.8, 4) is 5.75 Å². The molecule has 1 heterocycles. The number of hydrogen-bond donors (Lipinski definition) is 0. The molecule has 4 aromatic rings. The van der Waals surface area contributed by atoms with E-state index in [1.165, 1.54) is 6.08 Å². The maximum Gasteiger partial charge on any atom is 0.343 e. The largest absolute Gasteiger partial charge is 0.488 e. The van der Waals surface area contributed by atoms with E-state index in [-0.39, 0.29) is 12.2 Å². The summed E-state index contributed by atoms with van der Waals surface area (Å²) >= 11 is 9.80. The van der Waals surface area contributed by atoms with E-state index < -0.39 is 17.8 Å². The Balaban J connectivity index is 1.59. The van der Waals surface area contributed by atoms with Crippen molar-refractivity contribution in [2.75, 3.05) is 9.80 Å². The number of anilines is 2. The van der Waals surface area contributed by atoms with E-state index in [1.807, 2.05) is 24.3 Å². The van der Waals surface area contributed by atoms with Crippen LogP contribution in [0.1, 0.15) is 11.1 Å². The molecule has 5 rings (SSSR count). The van der Waals surface area contributed by atoms with E-state index in [0.29, 0.717) is 27.7 Å². The summed E-state index contributed by atoms with van der Waals surface area (Å²) in [5.41, 5.74) is 1.83. The zero-order chi connectivity index (χ0) is 26.6. The molecular weight excluding hydrogens is 568 g/mol. The molecule has 6 nitrogen and oxygen atoms in total. The van der Waals surface area contributed by atoms with E-state index in [2.05, 4.69) is 15.9 Å². The fourth-order valence-corrected chi connectivity index (χ4v) is 4.61. The fourth-order valence-electron chi connectivity index (χ4n) is 4.03. The van der Waals surface area contributed by atoms with Crippen LogP contribution in [0.25, 0.3) is 6.08 Å². The van der Waals surface area contributed by atoms with Crippen LogP contribution in [0.2, 0.25) is 5.02 Å². The Kier molecular flexibility index (Phi) is 7.40. The first kappa shape index (κ1) is 25.4. The van der Waals surface area contributed by atoms with Crippen LogP contribution in [0, 0.1) is 0 Å². The minimum absolute atomic E-state index is 0.203. The van der Waals surface area contributed by atoms with Crippen LogP contribution in [0.5, 0.6) is 5.75 Å². The molecule has 1 aliphatic rings. The van der Waals surface area contributed by atoms with Gasteiger partial charge < -0.3 is 4.74 Å². The summed E-state index contributed by atoms with van der Waals surface area (Å²) in [6.45, 7) is 0.242. The maximum atomic E-state index is 13.7. The van der Waals surface area contributed by atoms with Crippen LogP contribution in [0.3, 0.4) is 0 Å². The van der Waals surface area contributed by atoms with Crippen LogP contribution >= 0.6 is 27.5 Å². The number of nitrogens with zero attached hydrogens (tertiary/aromatic N) is 2. The number of carbonyl (C=O) groups is 3. The first-order valence-electron chi connectivity index (χ1n) is 11.6. The molecule has 0 radical (unpaired) electrons. The van der Waals surface area contributed by atoms with Crippen LogP contribution < -0.4 is 14.5 Å². The van der Waals surface area contributed by atoms with Crippen LogP contribution in [-0.2, 0) is 16.2 Å². The zero-order valence-corrected chi connectivity index (χ0v) is 22.2. The summed E-state index contributed by atoms with van der Waals surface area (Å²) in [6.07, 6.45) is 1.42. The summed E-state index contributed by atoms with van der Waals surface area (Å²) < 4.78 is 6.96. The SMILES string of the molecule is O=C1C(=Cc2cc(Cl)ccc2OCc2ccccc2Br)C(=O)N(c2ccccc2)C(=O)N1c1ccccc1. The lowest BCUT2D eigenvalue weighted by atomic mass is 10.0. The number of barbiturate groups is 1. The van der Waals surface area contributed by atoms with Crippen molar-refractivity contribution in [3.05, 3.63) is 129 Å². The molecule has 1 saturated heterocycles. The van der Waals surface area contributed by atoms with Gasteiger partial charge in [0.15, 0.2) is 0 Å². The van der Waals surface area contributed by atoms with E-state index in [1.54, 1.807) is 78.9 Å². The molecule has 4 amide bonds. The minimum atomic E-state index is -0.758. The molecule has 0 atom stereocenters. The van der Waals surface area contributed by atoms with Crippen LogP contribution in [0.15, 0.2) is 113 Å². The van der Waals surface area contributed by atoms with E-state index in [9.17, 15) is 14.4 Å². The lowest BCUT2D eigenvalue weighted by Gasteiger charge is -2.34. The highest BCUT2D eigenvalue weighted by Crippen LogP contribution is 2.32. The van der Waals surface area contributed by atoms with Gasteiger partial charge in [-0.2, -0.15) is 0 Å². The predicted molar refractivity (Wildman–Crippen MR) is 151 cm³/mol. The van der Waals surface area contributed by atoms with Gasteiger partial charge in [0.2, 0.25) is 0 Å². The van der Waals surface area contributed by atoms with Crippen molar-refractivity contribution in [2.24, 2.45) is 0 Å². The Morgan fingerprint density at radius 3 is 1.87 bits per heavy atom. The summed E-state index contributed by atoms with van der Waals surface area (Å²) in [6, 6.07) is 28.8. The highest BCUT2D eigenvalue weighted by atomic mass is 79.9. The van der Waals surface area contributed by atoms with Gasteiger partial charge in [0.05, 0.1) is 11.4 Å². The molecule has 188 valence electrons. The maximum absolute atomic E-state index is 13.7. The van der Waals surface area contributed by atoms with Crippen molar-refractivity contribution in [2.45, 2.75) is 6.61 Å². The number of urea groups is 1. The van der Waals surface area contributed by atoms with Crippen molar-refractivity contribution in [3.63, 3.8) is 0 Å². The molecule has 0 N–H and O–H groups in total. The highest BCUT2D eigenvalue weighted by molar-refractivity contribution is 9.10. The Morgan fingerprint density at radius 2 is 1.29 bits per heavy atom. The molecule has 38 heavy (non-hydrogen) atoms. The molecule has 0 unspecified atom stereocenters. The van der Waals surface area contributed by atoms with E-state index >= 15 is 0 Å². The topological polar surface area (TPSA) is 66.9 Å². The molecule has 0 aliphatic carbocycles. The van der Waals surface area contributed by atoms with Gasteiger partial charge in [0, 0.05) is 20.6 Å². The average Bonchev–Trinajstić information content (AvgIpc) is 2.93. The van der Waals surface area contributed by atoms with Gasteiger partial charge in [0.25, 0.3) is 11.8 Å². The van der Waals surface area contributed by atoms with Gasteiger partial charge in [-0.25, -0.2) is 14.6 Å². The van der Waals surface area contributed by atoms with Gasteiger partial charge in [-0.05, 0) is 54.6 Å². The van der Waals surface area contributed by atoms with Gasteiger partial charge in [-0.1, -0.05) is 82.1 Å². The van der Waals surface area contributed by atoms with Gasteiger partial charge >= 0.3 is 6.03 Å². The Labute approximate surface area is 232 Å². The molecule has 1 aliphatic heterocycles. The predicted octanol–water partition coefficient (Wildman–Crippen LogP) is 7.26. The van der Waals surface area contributed by atoms with Crippen molar-refractivity contribution in [1.29, 1.82) is 0 Å². The van der Waals surface area contributed by atoms with Crippen LogP contribution in [0.4, 0.5) is 16.2 Å². The number of ether oxygens (including phenoxy) is 1. The second-order valence-electron chi connectivity index (χ2n) is 8.36. The fraction of sp³-hybridized carbons (Fsp3) is 0.0333. The highest BCUT2D eigenvalue weighted by Gasteiger charge is 2.43. The third-order valence-corrected chi connectivity index (χ3v) is 6.90. The zero-order valence-electron chi connectivity index (χ0n) is 19.9. The number of rotatable bonds is 6. The first-order valence-corrected chi connectivity index (χ1v) is 12.8. The number of imide groups is 2.